The van der Waals surface area contributed by atoms with E-state index < -0.39 is 5.54 Å². The van der Waals surface area contributed by atoms with E-state index in [1.54, 1.807) is 0 Å². The number of nitrogens with zero attached hydrogens (tertiary/aromatic N) is 1. The van der Waals surface area contributed by atoms with Gasteiger partial charge in [0.1, 0.15) is 0 Å². The minimum atomic E-state index is -0.424. The van der Waals surface area contributed by atoms with Crippen molar-refractivity contribution in [1.29, 1.82) is 0 Å². The molecule has 0 atom stereocenters. The summed E-state index contributed by atoms with van der Waals surface area (Å²) < 4.78 is 1.04. The molecule has 0 heterocycles. The lowest BCUT2D eigenvalue weighted by molar-refractivity contribution is -0.536. The van der Waals surface area contributed by atoms with Crippen molar-refractivity contribution in [2.75, 3.05) is 0 Å². The molecule has 0 unspecified atom stereocenters. The van der Waals surface area contributed by atoms with E-state index in [-0.39, 0.29) is 11.3 Å². The summed E-state index contributed by atoms with van der Waals surface area (Å²) in [5.41, 5.74) is 0.174. The molecule has 0 radical (unpaired) electrons. The van der Waals surface area contributed by atoms with Gasteiger partial charge in [0.05, 0.1) is 0 Å². The van der Waals surface area contributed by atoms with Crippen LogP contribution < -0.4 is 0 Å². The van der Waals surface area contributed by atoms with Gasteiger partial charge in [-0.05, 0) is 26.7 Å². The molecule has 0 saturated carbocycles. The Labute approximate surface area is 100 Å². The van der Waals surface area contributed by atoms with E-state index in [9.17, 15) is 5.21 Å². The van der Waals surface area contributed by atoms with E-state index in [2.05, 4.69) is 11.8 Å². The van der Waals surface area contributed by atoms with Gasteiger partial charge in [-0.3, -0.25) is 0 Å². The van der Waals surface area contributed by atoms with Crippen LogP contribution in [0.4, 0.5) is 0 Å². The van der Waals surface area contributed by atoms with Gasteiger partial charge in [-0.1, -0.05) is 19.8 Å². The van der Waals surface area contributed by atoms with Gasteiger partial charge in [0.2, 0.25) is 5.71 Å². The van der Waals surface area contributed by atoms with Crippen LogP contribution in [0.3, 0.4) is 0 Å². The zero-order chi connectivity index (χ0) is 13.1. The smallest absolute Gasteiger partial charge is 0.241 e. The number of hydrogen-bond donors (Lipinski definition) is 0. The summed E-state index contributed by atoms with van der Waals surface area (Å²) in [6.07, 6.45) is 0. The quantitative estimate of drug-likeness (QED) is 0.220. The van der Waals surface area contributed by atoms with Crippen molar-refractivity contribution < 1.29 is 4.74 Å². The summed E-state index contributed by atoms with van der Waals surface area (Å²) in [7, 11) is 0. The Morgan fingerprint density at radius 1 is 1.06 bits per heavy atom. The van der Waals surface area contributed by atoms with Crippen molar-refractivity contribution in [1.82, 2.24) is 0 Å². The lowest BCUT2D eigenvalue weighted by atomic mass is 9.96. The van der Waals surface area contributed by atoms with Crippen LogP contribution in [0.5, 0.6) is 0 Å². The van der Waals surface area contributed by atoms with E-state index >= 15 is 0 Å². The molecule has 0 fully saturated rings. The lowest BCUT2D eigenvalue weighted by Crippen LogP contribution is -2.35. The molecule has 0 aromatic rings. The van der Waals surface area contributed by atoms with Crippen LogP contribution in [0.25, 0.3) is 0 Å². The van der Waals surface area contributed by atoms with Crippen LogP contribution in [0, 0.1) is 28.4 Å². The predicted molar refractivity (Wildman–Crippen MR) is 70.5 cm³/mol. The van der Waals surface area contributed by atoms with Crippen LogP contribution in [0.15, 0.2) is 0 Å². The molecule has 0 N–H and O–H groups in total. The maximum atomic E-state index is 12.1. The first-order valence-corrected chi connectivity index (χ1v) is 5.82. The van der Waals surface area contributed by atoms with Crippen molar-refractivity contribution >= 4 is 5.71 Å². The van der Waals surface area contributed by atoms with Gasteiger partial charge in [-0.25, -0.2) is 0 Å². The molecule has 0 aromatic carbocycles. The molecule has 0 rings (SSSR count). The first kappa shape index (κ1) is 15.0. The molecule has 92 valence electrons. The molecule has 0 aromatic heterocycles. The standard InChI is InChI=1S/C14H25NO/c1-11(2)12(9-10-13(3,4)5)15(16)14(6,7)8/h11H,1-8H3/b15-12-. The topological polar surface area (TPSA) is 26.1 Å². The lowest BCUT2D eigenvalue weighted by Gasteiger charge is -2.22. The summed E-state index contributed by atoms with van der Waals surface area (Å²) >= 11 is 0. The normalized spacial score (nSPS) is 14.3. The number of hydrogen-bond acceptors (Lipinski definition) is 1. The Morgan fingerprint density at radius 2 is 1.50 bits per heavy atom. The zero-order valence-corrected chi connectivity index (χ0v) is 11.9. The molecular formula is C14H25NO. The van der Waals surface area contributed by atoms with Crippen LogP contribution >= 0.6 is 0 Å². The summed E-state index contributed by atoms with van der Waals surface area (Å²) in [5.74, 6) is 6.33. The third-order valence-corrected chi connectivity index (χ3v) is 1.94. The second kappa shape index (κ2) is 4.91. The number of rotatable bonds is 1. The van der Waals surface area contributed by atoms with Crippen molar-refractivity contribution in [2.24, 2.45) is 11.3 Å². The minimum Gasteiger partial charge on any atom is -0.623 e. The molecule has 0 aliphatic heterocycles. The molecule has 0 saturated heterocycles. The van der Waals surface area contributed by atoms with Crippen LogP contribution in [-0.2, 0) is 0 Å². The fourth-order valence-electron chi connectivity index (χ4n) is 1.04. The Bertz CT molecular complexity index is 326. The van der Waals surface area contributed by atoms with Crippen molar-refractivity contribution in [3.8, 4) is 11.8 Å². The maximum absolute atomic E-state index is 12.1. The van der Waals surface area contributed by atoms with Gasteiger partial charge in [-0.2, -0.15) is 4.74 Å². The highest BCUT2D eigenvalue weighted by atomic mass is 16.5. The van der Waals surface area contributed by atoms with Crippen LogP contribution in [0.1, 0.15) is 55.4 Å². The van der Waals surface area contributed by atoms with Crippen LogP contribution in [0.2, 0.25) is 0 Å². The van der Waals surface area contributed by atoms with E-state index in [1.807, 2.05) is 55.4 Å². The molecule has 0 aliphatic rings. The fraction of sp³-hybridized carbons (Fsp3) is 0.786. The van der Waals surface area contributed by atoms with Gasteiger partial charge in [-0.15, -0.1) is 0 Å². The average Bonchev–Trinajstić information content (AvgIpc) is 1.99. The fourth-order valence-corrected chi connectivity index (χ4v) is 1.04. The van der Waals surface area contributed by atoms with Crippen molar-refractivity contribution in [2.45, 2.75) is 60.9 Å². The Morgan fingerprint density at radius 3 is 1.75 bits per heavy atom. The largest absolute Gasteiger partial charge is 0.623 e. The Hall–Kier alpha value is -0.970. The number of hydroxylamine groups is 1. The molecule has 0 bridgehead atoms. The monoisotopic (exact) mass is 223 g/mol. The Kier molecular flexibility index (Phi) is 4.61. The SMILES string of the molecule is CC(C)/C(C#CC(C)(C)C)=[N+](\[O-])C(C)(C)C. The third-order valence-electron chi connectivity index (χ3n) is 1.94. The van der Waals surface area contributed by atoms with Crippen molar-refractivity contribution in [3.63, 3.8) is 0 Å². The molecule has 0 amide bonds. The molecule has 16 heavy (non-hydrogen) atoms. The second-order valence-corrected chi connectivity index (χ2v) is 6.51. The van der Waals surface area contributed by atoms with E-state index in [0.717, 1.165) is 4.74 Å². The van der Waals surface area contributed by atoms with Crippen molar-refractivity contribution in [3.05, 3.63) is 5.21 Å². The zero-order valence-electron chi connectivity index (χ0n) is 11.9. The summed E-state index contributed by atoms with van der Waals surface area (Å²) in [5, 5.41) is 12.1. The molecular weight excluding hydrogens is 198 g/mol. The predicted octanol–water partition coefficient (Wildman–Crippen LogP) is 3.44. The average molecular weight is 223 g/mol. The molecule has 0 spiro atoms. The molecule has 0 aliphatic carbocycles. The summed E-state index contributed by atoms with van der Waals surface area (Å²) in [6.45, 7) is 15.9. The highest BCUT2D eigenvalue weighted by molar-refractivity contribution is 5.98. The second-order valence-electron chi connectivity index (χ2n) is 6.51. The minimum absolute atomic E-state index is 0.0706. The highest BCUT2D eigenvalue weighted by Gasteiger charge is 2.24. The van der Waals surface area contributed by atoms with Gasteiger partial charge >= 0.3 is 0 Å². The summed E-state index contributed by atoms with van der Waals surface area (Å²) in [4.78, 5) is 0. The van der Waals surface area contributed by atoms with E-state index in [4.69, 9.17) is 0 Å². The van der Waals surface area contributed by atoms with Gasteiger partial charge in [0.15, 0.2) is 5.54 Å². The molecule has 2 heteroatoms. The van der Waals surface area contributed by atoms with E-state index in [0.29, 0.717) is 5.71 Å². The third kappa shape index (κ3) is 5.21. The molecule has 2 nitrogen and oxygen atoms in total. The van der Waals surface area contributed by atoms with Gasteiger partial charge in [0, 0.05) is 32.1 Å². The van der Waals surface area contributed by atoms with Crippen LogP contribution in [-0.4, -0.2) is 16.0 Å². The maximum Gasteiger partial charge on any atom is 0.241 e. The van der Waals surface area contributed by atoms with Gasteiger partial charge in [0.25, 0.3) is 0 Å². The first-order valence-electron chi connectivity index (χ1n) is 5.82. The Balaban J connectivity index is 5.42. The van der Waals surface area contributed by atoms with Gasteiger partial charge < -0.3 is 5.21 Å². The first-order chi connectivity index (χ1) is 6.95. The summed E-state index contributed by atoms with van der Waals surface area (Å²) in [6, 6.07) is 0. The highest BCUT2D eigenvalue weighted by Crippen LogP contribution is 2.12. The van der Waals surface area contributed by atoms with E-state index in [1.165, 1.54) is 0 Å².